The zero-order chi connectivity index (χ0) is 22.8. The Kier molecular flexibility index (Phi) is 5.94. The standard InChI is InChI=1S/C26H27FN4O2/c27-22-10-3-4-11-24(22)30-12-14-31(15-13-30)26(33)19-7-5-6-18(16-19)17-23-20-8-1-2-9-21(20)25(32)29-28-23/h3-7,10-11,16H,1-2,8-9,12-15,17H2,(H,29,32). The average Bonchev–Trinajstić information content (AvgIpc) is 2.86. The molecule has 1 aliphatic carbocycles. The molecule has 0 spiro atoms. The number of aromatic amines is 1. The zero-order valence-corrected chi connectivity index (χ0v) is 18.5. The molecule has 170 valence electrons. The number of piperazine rings is 1. The maximum atomic E-state index is 14.1. The Balaban J connectivity index is 1.29. The molecule has 3 aromatic rings. The summed E-state index contributed by atoms with van der Waals surface area (Å²) < 4.78 is 14.1. The van der Waals surface area contributed by atoms with E-state index in [1.165, 1.54) is 6.07 Å². The fourth-order valence-corrected chi connectivity index (χ4v) is 4.92. The number of carbonyl (C=O) groups excluding carboxylic acids is 1. The van der Waals surface area contributed by atoms with Crippen LogP contribution in [0.25, 0.3) is 0 Å². The SMILES string of the molecule is O=C(c1cccc(Cc2n[nH]c(=O)c3c2CCCC3)c1)N1CCN(c2ccccc2F)CC1. The molecular weight excluding hydrogens is 419 g/mol. The van der Waals surface area contributed by atoms with Crippen molar-refractivity contribution >= 4 is 11.6 Å². The highest BCUT2D eigenvalue weighted by atomic mass is 19.1. The minimum atomic E-state index is -0.233. The third-order valence-corrected chi connectivity index (χ3v) is 6.69. The summed E-state index contributed by atoms with van der Waals surface area (Å²) in [5, 5.41) is 6.97. The summed E-state index contributed by atoms with van der Waals surface area (Å²) >= 11 is 0. The Bertz CT molecular complexity index is 1230. The van der Waals surface area contributed by atoms with E-state index in [4.69, 9.17) is 0 Å². The number of nitrogens with zero attached hydrogens (tertiary/aromatic N) is 3. The van der Waals surface area contributed by atoms with Gasteiger partial charge < -0.3 is 9.80 Å². The number of nitrogens with one attached hydrogen (secondary N) is 1. The molecule has 1 saturated heterocycles. The highest BCUT2D eigenvalue weighted by Crippen LogP contribution is 2.23. The van der Waals surface area contributed by atoms with Crippen molar-refractivity contribution in [2.24, 2.45) is 0 Å². The number of fused-ring (bicyclic) bond motifs is 1. The van der Waals surface area contributed by atoms with Gasteiger partial charge in [-0.2, -0.15) is 5.10 Å². The smallest absolute Gasteiger partial charge is 0.267 e. The second-order valence-corrected chi connectivity index (χ2v) is 8.77. The van der Waals surface area contributed by atoms with Crippen molar-refractivity contribution in [2.45, 2.75) is 32.1 Å². The summed E-state index contributed by atoms with van der Waals surface area (Å²) in [6, 6.07) is 14.4. The minimum absolute atomic E-state index is 0.0125. The van der Waals surface area contributed by atoms with E-state index in [1.807, 2.05) is 40.1 Å². The van der Waals surface area contributed by atoms with E-state index >= 15 is 0 Å². The van der Waals surface area contributed by atoms with Crippen LogP contribution in [-0.2, 0) is 19.3 Å². The quantitative estimate of drug-likeness (QED) is 0.668. The van der Waals surface area contributed by atoms with E-state index in [2.05, 4.69) is 10.2 Å². The Morgan fingerprint density at radius 1 is 0.970 bits per heavy atom. The van der Waals surface area contributed by atoms with E-state index < -0.39 is 0 Å². The van der Waals surface area contributed by atoms with Crippen LogP contribution in [-0.4, -0.2) is 47.2 Å². The largest absolute Gasteiger partial charge is 0.366 e. The van der Waals surface area contributed by atoms with E-state index in [0.29, 0.717) is 43.9 Å². The Morgan fingerprint density at radius 3 is 2.52 bits per heavy atom. The van der Waals surface area contributed by atoms with Gasteiger partial charge in [-0.25, -0.2) is 9.49 Å². The van der Waals surface area contributed by atoms with Crippen molar-refractivity contribution in [3.63, 3.8) is 0 Å². The second-order valence-electron chi connectivity index (χ2n) is 8.77. The number of rotatable bonds is 4. The number of halogens is 1. The van der Waals surface area contributed by atoms with Crippen LogP contribution in [0.5, 0.6) is 0 Å². The van der Waals surface area contributed by atoms with Crippen molar-refractivity contribution in [3.8, 4) is 0 Å². The maximum Gasteiger partial charge on any atom is 0.267 e. The van der Waals surface area contributed by atoms with Crippen LogP contribution in [0.4, 0.5) is 10.1 Å². The lowest BCUT2D eigenvalue weighted by Crippen LogP contribution is -2.49. The van der Waals surface area contributed by atoms with Crippen LogP contribution in [0.2, 0.25) is 0 Å². The summed E-state index contributed by atoms with van der Waals surface area (Å²) in [4.78, 5) is 29.1. The number of para-hydroxylation sites is 1. The van der Waals surface area contributed by atoms with Gasteiger partial charge in [0.05, 0.1) is 11.4 Å². The minimum Gasteiger partial charge on any atom is -0.366 e. The number of benzene rings is 2. The Morgan fingerprint density at radius 2 is 1.73 bits per heavy atom. The van der Waals surface area contributed by atoms with Crippen molar-refractivity contribution < 1.29 is 9.18 Å². The van der Waals surface area contributed by atoms with Gasteiger partial charge >= 0.3 is 0 Å². The molecule has 2 aromatic carbocycles. The predicted molar refractivity (Wildman–Crippen MR) is 125 cm³/mol. The van der Waals surface area contributed by atoms with Gasteiger partial charge in [0.2, 0.25) is 0 Å². The summed E-state index contributed by atoms with van der Waals surface area (Å²) in [5.74, 6) is -0.246. The molecule has 0 unspecified atom stereocenters. The van der Waals surface area contributed by atoms with Gasteiger partial charge in [0.1, 0.15) is 5.82 Å². The molecule has 33 heavy (non-hydrogen) atoms. The molecule has 0 atom stereocenters. The van der Waals surface area contributed by atoms with Gasteiger partial charge in [-0.05, 0) is 61.1 Å². The van der Waals surface area contributed by atoms with Gasteiger partial charge in [0, 0.05) is 43.7 Å². The zero-order valence-electron chi connectivity index (χ0n) is 18.5. The molecule has 7 heteroatoms. The summed E-state index contributed by atoms with van der Waals surface area (Å²) in [6.07, 6.45) is 4.38. The highest BCUT2D eigenvalue weighted by Gasteiger charge is 2.24. The third-order valence-electron chi connectivity index (χ3n) is 6.69. The fourth-order valence-electron chi connectivity index (χ4n) is 4.92. The molecule has 1 amide bonds. The molecule has 1 aliphatic heterocycles. The van der Waals surface area contributed by atoms with Gasteiger partial charge in [-0.3, -0.25) is 9.59 Å². The number of H-pyrrole nitrogens is 1. The summed E-state index contributed by atoms with van der Waals surface area (Å²) in [5.41, 5.74) is 4.99. The lowest BCUT2D eigenvalue weighted by atomic mass is 9.90. The normalized spacial score (nSPS) is 15.9. The van der Waals surface area contributed by atoms with Gasteiger partial charge in [0.15, 0.2) is 0 Å². The molecule has 0 radical (unpaired) electrons. The van der Waals surface area contributed by atoms with Gasteiger partial charge in [-0.15, -0.1) is 0 Å². The first-order valence-electron chi connectivity index (χ1n) is 11.6. The van der Waals surface area contributed by atoms with Crippen molar-refractivity contribution in [2.75, 3.05) is 31.1 Å². The number of carbonyl (C=O) groups is 1. The van der Waals surface area contributed by atoms with Gasteiger partial charge in [-0.1, -0.05) is 24.3 Å². The average molecular weight is 447 g/mol. The molecule has 1 fully saturated rings. The second kappa shape index (κ2) is 9.17. The highest BCUT2D eigenvalue weighted by molar-refractivity contribution is 5.94. The number of anilines is 1. The number of hydrogen-bond acceptors (Lipinski definition) is 4. The van der Waals surface area contributed by atoms with Crippen LogP contribution in [0.1, 0.15) is 45.6 Å². The molecular formula is C26H27FN4O2. The summed E-state index contributed by atoms with van der Waals surface area (Å²) in [7, 11) is 0. The predicted octanol–water partition coefficient (Wildman–Crippen LogP) is 3.34. The monoisotopic (exact) mass is 446 g/mol. The van der Waals surface area contributed by atoms with Crippen LogP contribution in [0.3, 0.4) is 0 Å². The van der Waals surface area contributed by atoms with Gasteiger partial charge in [0.25, 0.3) is 11.5 Å². The third kappa shape index (κ3) is 4.40. The van der Waals surface area contributed by atoms with Crippen molar-refractivity contribution in [3.05, 3.63) is 92.6 Å². The first-order chi connectivity index (χ1) is 16.1. The Labute approximate surface area is 192 Å². The number of amides is 1. The Hall–Kier alpha value is -3.48. The van der Waals surface area contributed by atoms with Crippen LogP contribution in [0, 0.1) is 5.82 Å². The lowest BCUT2D eigenvalue weighted by Gasteiger charge is -2.36. The topological polar surface area (TPSA) is 69.3 Å². The van der Waals surface area contributed by atoms with E-state index in [1.54, 1.807) is 12.1 Å². The summed E-state index contributed by atoms with van der Waals surface area (Å²) in [6.45, 7) is 2.29. The van der Waals surface area contributed by atoms with Crippen molar-refractivity contribution in [1.82, 2.24) is 15.1 Å². The fraction of sp³-hybridized carbons (Fsp3) is 0.346. The molecule has 2 aliphatic rings. The molecule has 1 N–H and O–H groups in total. The molecule has 2 heterocycles. The molecule has 0 saturated carbocycles. The maximum absolute atomic E-state index is 14.1. The molecule has 1 aromatic heterocycles. The lowest BCUT2D eigenvalue weighted by molar-refractivity contribution is 0.0746. The first kappa shape index (κ1) is 21.4. The van der Waals surface area contributed by atoms with E-state index in [9.17, 15) is 14.0 Å². The molecule has 0 bridgehead atoms. The first-order valence-corrected chi connectivity index (χ1v) is 11.6. The van der Waals surface area contributed by atoms with E-state index in [-0.39, 0.29) is 17.3 Å². The number of hydrogen-bond donors (Lipinski definition) is 1. The van der Waals surface area contributed by atoms with Crippen LogP contribution >= 0.6 is 0 Å². The van der Waals surface area contributed by atoms with Crippen LogP contribution < -0.4 is 10.5 Å². The van der Waals surface area contributed by atoms with Crippen LogP contribution in [0.15, 0.2) is 53.3 Å². The molecule has 6 nitrogen and oxygen atoms in total. The van der Waals surface area contributed by atoms with Crippen molar-refractivity contribution in [1.29, 1.82) is 0 Å². The van der Waals surface area contributed by atoms with E-state index in [0.717, 1.165) is 48.1 Å². The number of aromatic nitrogens is 2. The molecule has 5 rings (SSSR count).